The Morgan fingerprint density at radius 3 is 2.56 bits per heavy atom. The Bertz CT molecular complexity index is 1510. The molecule has 0 radical (unpaired) electrons. The molecule has 0 spiro atoms. The molecule has 3 N–H and O–H groups in total. The lowest BCUT2D eigenvalue weighted by Gasteiger charge is -2.14. The molecule has 2 aromatic carbocycles. The van der Waals surface area contributed by atoms with E-state index in [-0.39, 0.29) is 17.6 Å². The van der Waals surface area contributed by atoms with E-state index >= 15 is 0 Å². The first kappa shape index (κ1) is 29.8. The van der Waals surface area contributed by atoms with Crippen LogP contribution in [0.2, 0.25) is 5.02 Å². The number of aromatic nitrogens is 2. The van der Waals surface area contributed by atoms with Crippen LogP contribution >= 0.6 is 11.6 Å². The third kappa shape index (κ3) is 7.51. The Morgan fingerprint density at radius 2 is 1.88 bits per heavy atom. The number of urea groups is 1. The molecule has 1 atom stereocenters. The molecule has 0 saturated heterocycles. The van der Waals surface area contributed by atoms with Gasteiger partial charge >= 0.3 is 12.2 Å². The minimum Gasteiger partial charge on any atom is -0.487 e. The highest BCUT2D eigenvalue weighted by molar-refractivity contribution is 6.31. The van der Waals surface area contributed by atoms with E-state index in [1.165, 1.54) is 6.07 Å². The molecule has 1 aromatic heterocycles. The number of nitrogens with zero attached hydrogens (tertiary/aromatic N) is 4. The highest BCUT2D eigenvalue weighted by atomic mass is 35.5. The summed E-state index contributed by atoms with van der Waals surface area (Å²) in [4.78, 5) is 30.5. The maximum absolute atomic E-state index is 13.2. The first-order valence-corrected chi connectivity index (χ1v) is 13.2. The second-order valence-electron chi connectivity index (χ2n) is 9.46. The predicted molar refractivity (Wildman–Crippen MR) is 156 cm³/mol. The van der Waals surface area contributed by atoms with Crippen LogP contribution in [0, 0.1) is 12.8 Å². The Balaban J connectivity index is 1.52. The van der Waals surface area contributed by atoms with Crippen LogP contribution in [0.15, 0.2) is 52.6 Å². The van der Waals surface area contributed by atoms with Crippen LogP contribution in [-0.4, -0.2) is 41.1 Å². The smallest absolute Gasteiger partial charge is 0.417 e. The van der Waals surface area contributed by atoms with Gasteiger partial charge in [0.05, 0.1) is 23.4 Å². The van der Waals surface area contributed by atoms with Crippen molar-refractivity contribution in [1.29, 1.82) is 0 Å². The summed E-state index contributed by atoms with van der Waals surface area (Å²) in [6, 6.07) is 7.49. The van der Waals surface area contributed by atoms with E-state index in [1.807, 2.05) is 13.8 Å². The molecule has 0 fully saturated rings. The third-order valence-corrected chi connectivity index (χ3v) is 6.81. The van der Waals surface area contributed by atoms with Crippen LogP contribution in [0.3, 0.4) is 0 Å². The number of carbonyl (C=O) groups excluding carboxylic acids is 1. The lowest BCUT2D eigenvalue weighted by Crippen LogP contribution is -2.21. The molecule has 2 amide bonds. The van der Waals surface area contributed by atoms with Crippen molar-refractivity contribution in [3.63, 3.8) is 0 Å². The van der Waals surface area contributed by atoms with E-state index in [2.05, 4.69) is 37.8 Å². The van der Waals surface area contributed by atoms with Gasteiger partial charge in [-0.15, -0.1) is 0 Å². The number of benzene rings is 2. The largest absolute Gasteiger partial charge is 0.487 e. The molecule has 9 nitrogen and oxygen atoms in total. The highest BCUT2D eigenvalue weighted by Gasteiger charge is 2.33. The Labute approximate surface area is 240 Å². The second kappa shape index (κ2) is 12.5. The quantitative estimate of drug-likeness (QED) is 0.244. The van der Waals surface area contributed by atoms with Gasteiger partial charge in [-0.25, -0.2) is 14.8 Å². The maximum Gasteiger partial charge on any atom is 0.417 e. The molecule has 1 aliphatic rings. The molecule has 0 aliphatic carbocycles. The number of nitrogens with one attached hydrogen (secondary N) is 3. The lowest BCUT2D eigenvalue weighted by atomic mass is 9.97. The average Bonchev–Trinajstić information content (AvgIpc) is 3.09. The van der Waals surface area contributed by atoms with Crippen molar-refractivity contribution in [1.82, 2.24) is 9.97 Å². The number of amides is 2. The normalized spacial score (nSPS) is 15.3. The van der Waals surface area contributed by atoms with Crippen molar-refractivity contribution in [3.05, 3.63) is 58.7 Å². The van der Waals surface area contributed by atoms with Crippen molar-refractivity contribution >= 4 is 57.9 Å². The van der Waals surface area contributed by atoms with E-state index in [1.54, 1.807) is 31.4 Å². The van der Waals surface area contributed by atoms with E-state index in [0.717, 1.165) is 35.5 Å². The number of aryl methyl sites for hydroxylation is 1. The van der Waals surface area contributed by atoms with Gasteiger partial charge < -0.3 is 20.7 Å². The third-order valence-electron chi connectivity index (χ3n) is 6.48. The van der Waals surface area contributed by atoms with Crippen LogP contribution in [0.25, 0.3) is 0 Å². The van der Waals surface area contributed by atoms with Crippen LogP contribution in [0.4, 0.5) is 46.8 Å². The molecule has 1 unspecified atom stereocenters. The minimum absolute atomic E-state index is 0.0593. The first-order chi connectivity index (χ1) is 19.5. The molecular weight excluding hydrogens is 559 g/mol. The van der Waals surface area contributed by atoms with Crippen LogP contribution < -0.4 is 20.7 Å². The summed E-state index contributed by atoms with van der Waals surface area (Å²) in [6.07, 6.45) is -1.61. The molecule has 3 aromatic rings. The summed E-state index contributed by atoms with van der Waals surface area (Å²) < 4.78 is 45.4. The van der Waals surface area contributed by atoms with Gasteiger partial charge in [-0.3, -0.25) is 4.99 Å². The van der Waals surface area contributed by atoms with Crippen molar-refractivity contribution in [2.45, 2.75) is 39.8 Å². The van der Waals surface area contributed by atoms with E-state index in [4.69, 9.17) is 21.3 Å². The van der Waals surface area contributed by atoms with Gasteiger partial charge in [0, 0.05) is 47.9 Å². The number of hydrogen-bond donors (Lipinski definition) is 3. The SMILES string of the molecule is CCC1COc2cnc(Nc3cc(NC(=O)Nc4ccc(Cl)c(C(F)(F)F)c4)ccc3C)nc2N=C1CC(C)=NC. The number of anilines is 4. The van der Waals surface area contributed by atoms with E-state index in [0.29, 0.717) is 36.0 Å². The summed E-state index contributed by atoms with van der Waals surface area (Å²) in [5, 5.41) is 7.70. The highest BCUT2D eigenvalue weighted by Crippen LogP contribution is 2.36. The summed E-state index contributed by atoms with van der Waals surface area (Å²) >= 11 is 5.65. The standard InChI is InChI=1S/C28H29ClF3N7O2/c1-5-17-14-41-24-13-34-26(39-25(24)37-23(17)10-16(3)33-4)38-22-12-19(7-6-15(22)2)36-27(40)35-18-8-9-21(29)20(11-18)28(30,31)32/h6-9,11-13,17H,5,10,14H2,1-4H3,(H,34,38,39)(H2,35,36,40). The Hall–Kier alpha value is -4.19. The fourth-order valence-electron chi connectivity index (χ4n) is 4.06. The summed E-state index contributed by atoms with van der Waals surface area (Å²) in [6.45, 7) is 6.36. The van der Waals surface area contributed by atoms with Gasteiger partial charge in [0.1, 0.15) is 0 Å². The van der Waals surface area contributed by atoms with Gasteiger partial charge in [0.2, 0.25) is 5.95 Å². The van der Waals surface area contributed by atoms with Crippen LogP contribution in [-0.2, 0) is 6.18 Å². The molecule has 0 saturated carbocycles. The first-order valence-electron chi connectivity index (χ1n) is 12.8. The van der Waals surface area contributed by atoms with E-state index < -0.39 is 22.8 Å². The number of aliphatic imine (C=N–C) groups is 2. The van der Waals surface area contributed by atoms with Crippen LogP contribution in [0.1, 0.15) is 37.8 Å². The molecular formula is C28H29ClF3N7O2. The molecule has 41 heavy (non-hydrogen) atoms. The van der Waals surface area contributed by atoms with Crippen molar-refractivity contribution in [2.75, 3.05) is 29.6 Å². The maximum atomic E-state index is 13.2. The van der Waals surface area contributed by atoms with Gasteiger partial charge in [-0.05, 0) is 56.2 Å². The summed E-state index contributed by atoms with van der Waals surface area (Å²) in [5.74, 6) is 1.29. The average molecular weight is 588 g/mol. The Morgan fingerprint density at radius 1 is 1.17 bits per heavy atom. The van der Waals surface area contributed by atoms with Gasteiger partial charge in [0.15, 0.2) is 11.6 Å². The number of fused-ring (bicyclic) bond motifs is 1. The summed E-state index contributed by atoms with van der Waals surface area (Å²) in [7, 11) is 1.75. The molecule has 2 heterocycles. The molecule has 216 valence electrons. The fraction of sp³-hybridized carbons (Fsp3) is 0.321. The van der Waals surface area contributed by atoms with Crippen molar-refractivity contribution in [2.24, 2.45) is 15.9 Å². The molecule has 0 bridgehead atoms. The molecule has 4 rings (SSSR count). The monoisotopic (exact) mass is 587 g/mol. The number of rotatable bonds is 7. The number of halogens is 4. The lowest BCUT2D eigenvalue weighted by molar-refractivity contribution is -0.137. The second-order valence-corrected chi connectivity index (χ2v) is 9.87. The molecule has 13 heteroatoms. The minimum atomic E-state index is -4.65. The zero-order valence-corrected chi connectivity index (χ0v) is 23.6. The Kier molecular flexibility index (Phi) is 9.11. The number of alkyl halides is 3. The van der Waals surface area contributed by atoms with E-state index in [9.17, 15) is 18.0 Å². The fourth-order valence-corrected chi connectivity index (χ4v) is 4.29. The van der Waals surface area contributed by atoms with Gasteiger partial charge in [-0.2, -0.15) is 18.2 Å². The zero-order chi connectivity index (χ0) is 29.7. The zero-order valence-electron chi connectivity index (χ0n) is 22.9. The number of hydrogen-bond acceptors (Lipinski definition) is 7. The topological polar surface area (TPSA) is 113 Å². The van der Waals surface area contributed by atoms with Crippen LogP contribution in [0.5, 0.6) is 5.75 Å². The van der Waals surface area contributed by atoms with Gasteiger partial charge in [0.25, 0.3) is 0 Å². The summed E-state index contributed by atoms with van der Waals surface area (Å²) in [5.41, 5.74) is 2.63. The molecule has 1 aliphatic heterocycles. The van der Waals surface area contributed by atoms with Crippen molar-refractivity contribution in [3.8, 4) is 5.75 Å². The number of carbonyl (C=O) groups is 1. The van der Waals surface area contributed by atoms with Gasteiger partial charge in [-0.1, -0.05) is 24.6 Å². The predicted octanol–water partition coefficient (Wildman–Crippen LogP) is 7.82. The van der Waals surface area contributed by atoms with Crippen molar-refractivity contribution < 1.29 is 22.7 Å². The number of ether oxygens (including phenoxy) is 1.